The van der Waals surface area contributed by atoms with Gasteiger partial charge in [0.15, 0.2) is 0 Å². The van der Waals surface area contributed by atoms with Crippen LogP contribution in [0, 0.1) is 11.7 Å². The number of rotatable bonds is 6. The molecular weight excluding hydrogens is 231 g/mol. The number of nitrogens with zero attached hydrogens (tertiary/aromatic N) is 1. The molecule has 2 N–H and O–H groups in total. The Kier molecular flexibility index (Phi) is 5.78. The summed E-state index contributed by atoms with van der Waals surface area (Å²) >= 11 is 0. The van der Waals surface area contributed by atoms with Gasteiger partial charge in [-0.1, -0.05) is 6.92 Å². The van der Waals surface area contributed by atoms with Crippen LogP contribution in [0.1, 0.15) is 26.7 Å². The second kappa shape index (κ2) is 7.11. The molecule has 18 heavy (non-hydrogen) atoms. The van der Waals surface area contributed by atoms with E-state index in [1.165, 1.54) is 12.1 Å². The summed E-state index contributed by atoms with van der Waals surface area (Å²) < 4.78 is 12.9. The summed E-state index contributed by atoms with van der Waals surface area (Å²) in [4.78, 5) is 13.9. The van der Waals surface area contributed by atoms with Crippen molar-refractivity contribution in [2.45, 2.75) is 26.7 Å². The molecule has 0 fully saturated rings. The molecule has 100 valence electrons. The van der Waals surface area contributed by atoms with Gasteiger partial charge in [-0.15, -0.1) is 0 Å². The third kappa shape index (κ3) is 3.81. The quantitative estimate of drug-likeness (QED) is 0.845. The lowest BCUT2D eigenvalue weighted by molar-refractivity contribution is -0.122. The van der Waals surface area contributed by atoms with Gasteiger partial charge in [0.1, 0.15) is 5.82 Å². The first kappa shape index (κ1) is 14.6. The van der Waals surface area contributed by atoms with Crippen LogP contribution in [0.4, 0.5) is 10.1 Å². The number of hydrogen-bond acceptors (Lipinski definition) is 2. The molecule has 0 aliphatic heterocycles. The van der Waals surface area contributed by atoms with Gasteiger partial charge in [0.2, 0.25) is 5.91 Å². The van der Waals surface area contributed by atoms with Crippen LogP contribution in [0.25, 0.3) is 0 Å². The number of amides is 1. The predicted octanol–water partition coefficient (Wildman–Crippen LogP) is 2.55. The van der Waals surface area contributed by atoms with Crippen molar-refractivity contribution in [1.82, 2.24) is 0 Å². The second-order valence-corrected chi connectivity index (χ2v) is 4.39. The molecule has 0 aliphatic rings. The maximum absolute atomic E-state index is 12.9. The zero-order chi connectivity index (χ0) is 13.5. The monoisotopic (exact) mass is 252 g/mol. The van der Waals surface area contributed by atoms with Crippen molar-refractivity contribution >= 4 is 11.6 Å². The molecule has 4 heteroatoms. The highest BCUT2D eigenvalue weighted by Crippen LogP contribution is 2.19. The highest BCUT2D eigenvalue weighted by atomic mass is 19.1. The first-order chi connectivity index (χ1) is 8.60. The second-order valence-electron chi connectivity index (χ2n) is 4.39. The zero-order valence-electron chi connectivity index (χ0n) is 11.0. The van der Waals surface area contributed by atoms with Gasteiger partial charge in [-0.2, -0.15) is 0 Å². The van der Waals surface area contributed by atoms with E-state index in [0.29, 0.717) is 13.1 Å². The van der Waals surface area contributed by atoms with Gasteiger partial charge < -0.3 is 10.6 Å². The minimum Gasteiger partial charge on any atom is -0.330 e. The van der Waals surface area contributed by atoms with Gasteiger partial charge >= 0.3 is 0 Å². The maximum Gasteiger partial charge on any atom is 0.229 e. The molecule has 1 aromatic carbocycles. The van der Waals surface area contributed by atoms with Gasteiger partial charge in [0, 0.05) is 18.2 Å². The lowest BCUT2D eigenvalue weighted by Crippen LogP contribution is -2.35. The van der Waals surface area contributed by atoms with Crippen molar-refractivity contribution in [3.05, 3.63) is 30.1 Å². The van der Waals surface area contributed by atoms with E-state index in [9.17, 15) is 9.18 Å². The lowest BCUT2D eigenvalue weighted by atomic mass is 10.0. The SMILES string of the molecule is CCN(C(=O)C(C)CCCN)c1ccc(F)cc1. The average Bonchev–Trinajstić information content (AvgIpc) is 2.38. The van der Waals surface area contributed by atoms with E-state index in [1.54, 1.807) is 17.0 Å². The fraction of sp³-hybridized carbons (Fsp3) is 0.500. The number of benzene rings is 1. The van der Waals surface area contributed by atoms with Crippen molar-refractivity contribution in [2.24, 2.45) is 11.7 Å². The van der Waals surface area contributed by atoms with Crippen LogP contribution in [0.3, 0.4) is 0 Å². The Labute approximate surface area is 108 Å². The average molecular weight is 252 g/mol. The van der Waals surface area contributed by atoms with Crippen molar-refractivity contribution in [2.75, 3.05) is 18.0 Å². The highest BCUT2D eigenvalue weighted by Gasteiger charge is 2.20. The fourth-order valence-corrected chi connectivity index (χ4v) is 1.90. The number of anilines is 1. The molecule has 0 saturated carbocycles. The molecule has 3 nitrogen and oxygen atoms in total. The summed E-state index contributed by atoms with van der Waals surface area (Å²) in [7, 11) is 0. The Hall–Kier alpha value is -1.42. The molecule has 1 aromatic rings. The van der Waals surface area contributed by atoms with Crippen LogP contribution >= 0.6 is 0 Å². The Balaban J connectivity index is 2.76. The largest absolute Gasteiger partial charge is 0.330 e. The van der Waals surface area contributed by atoms with Crippen LogP contribution in [-0.2, 0) is 4.79 Å². The van der Waals surface area contributed by atoms with Crippen molar-refractivity contribution in [3.8, 4) is 0 Å². The summed E-state index contributed by atoms with van der Waals surface area (Å²) in [5.74, 6) is -0.283. The standard InChI is InChI=1S/C14H21FN2O/c1-3-17(13-8-6-12(15)7-9-13)14(18)11(2)5-4-10-16/h6-9,11H,3-5,10,16H2,1-2H3. The van der Waals surface area contributed by atoms with E-state index in [-0.39, 0.29) is 17.6 Å². The molecule has 0 spiro atoms. The maximum atomic E-state index is 12.9. The molecular formula is C14H21FN2O. The highest BCUT2D eigenvalue weighted by molar-refractivity contribution is 5.94. The Morgan fingerprint density at radius 2 is 2.00 bits per heavy atom. The van der Waals surface area contributed by atoms with Crippen molar-refractivity contribution < 1.29 is 9.18 Å². The smallest absolute Gasteiger partial charge is 0.229 e. The van der Waals surface area contributed by atoms with Crippen molar-refractivity contribution in [1.29, 1.82) is 0 Å². The van der Waals surface area contributed by atoms with Crippen LogP contribution in [0.2, 0.25) is 0 Å². The summed E-state index contributed by atoms with van der Waals surface area (Å²) in [6, 6.07) is 6.00. The van der Waals surface area contributed by atoms with Gasteiger partial charge in [0.25, 0.3) is 0 Å². The van der Waals surface area contributed by atoms with E-state index in [2.05, 4.69) is 0 Å². The number of halogens is 1. The Bertz CT molecular complexity index is 378. The third-order valence-corrected chi connectivity index (χ3v) is 2.98. The number of carbonyl (C=O) groups is 1. The van der Waals surface area contributed by atoms with E-state index in [0.717, 1.165) is 18.5 Å². The van der Waals surface area contributed by atoms with Gasteiger partial charge in [-0.3, -0.25) is 4.79 Å². The first-order valence-corrected chi connectivity index (χ1v) is 6.37. The number of carbonyl (C=O) groups excluding carboxylic acids is 1. The molecule has 1 amide bonds. The van der Waals surface area contributed by atoms with Gasteiger partial charge in [-0.25, -0.2) is 4.39 Å². The molecule has 0 heterocycles. The van der Waals surface area contributed by atoms with Crippen LogP contribution in [-0.4, -0.2) is 19.0 Å². The normalized spacial score (nSPS) is 12.2. The molecule has 0 aliphatic carbocycles. The summed E-state index contributed by atoms with van der Waals surface area (Å²) in [5.41, 5.74) is 6.19. The molecule has 0 saturated heterocycles. The van der Waals surface area contributed by atoms with Crippen LogP contribution in [0.15, 0.2) is 24.3 Å². The summed E-state index contributed by atoms with van der Waals surface area (Å²) in [5, 5.41) is 0. The van der Waals surface area contributed by atoms with Crippen LogP contribution in [0.5, 0.6) is 0 Å². The molecule has 1 unspecified atom stereocenters. The Morgan fingerprint density at radius 3 is 2.50 bits per heavy atom. The van der Waals surface area contributed by atoms with E-state index < -0.39 is 0 Å². The molecule has 0 radical (unpaired) electrons. The number of hydrogen-bond donors (Lipinski definition) is 1. The molecule has 1 atom stereocenters. The minimum absolute atomic E-state index is 0.0569. The first-order valence-electron chi connectivity index (χ1n) is 6.37. The van der Waals surface area contributed by atoms with E-state index in [1.807, 2.05) is 13.8 Å². The minimum atomic E-state index is -0.293. The van der Waals surface area contributed by atoms with Gasteiger partial charge in [-0.05, 0) is 50.6 Å². The predicted molar refractivity (Wildman–Crippen MR) is 71.9 cm³/mol. The van der Waals surface area contributed by atoms with Crippen molar-refractivity contribution in [3.63, 3.8) is 0 Å². The fourth-order valence-electron chi connectivity index (χ4n) is 1.90. The van der Waals surface area contributed by atoms with Gasteiger partial charge in [0.05, 0.1) is 0 Å². The molecule has 0 bridgehead atoms. The number of nitrogens with two attached hydrogens (primary N) is 1. The Morgan fingerprint density at radius 1 is 1.39 bits per heavy atom. The van der Waals surface area contributed by atoms with E-state index in [4.69, 9.17) is 5.73 Å². The van der Waals surface area contributed by atoms with E-state index >= 15 is 0 Å². The summed E-state index contributed by atoms with van der Waals surface area (Å²) in [6.45, 7) is 5.00. The topological polar surface area (TPSA) is 46.3 Å². The zero-order valence-corrected chi connectivity index (χ0v) is 11.0. The lowest BCUT2D eigenvalue weighted by Gasteiger charge is -2.24. The molecule has 1 rings (SSSR count). The summed E-state index contributed by atoms with van der Waals surface area (Å²) in [6.07, 6.45) is 1.63. The third-order valence-electron chi connectivity index (χ3n) is 2.98. The van der Waals surface area contributed by atoms with Crippen LogP contribution < -0.4 is 10.6 Å². The molecule has 0 aromatic heterocycles.